The summed E-state index contributed by atoms with van der Waals surface area (Å²) in [4.78, 5) is 25.5. The third kappa shape index (κ3) is 5.67. The minimum atomic E-state index is -0.994. The zero-order valence-corrected chi connectivity index (χ0v) is 15.3. The minimum absolute atomic E-state index is 0.119. The lowest BCUT2D eigenvalue weighted by molar-refractivity contribution is -0.123. The van der Waals surface area contributed by atoms with Gasteiger partial charge in [-0.1, -0.05) is 6.07 Å². The molecule has 0 bridgehead atoms. The van der Waals surface area contributed by atoms with Gasteiger partial charge in [0.05, 0.1) is 25.9 Å². The predicted octanol–water partition coefficient (Wildman–Crippen LogP) is 2.47. The van der Waals surface area contributed by atoms with E-state index in [4.69, 9.17) is 4.74 Å². The molecule has 0 aliphatic heterocycles. The van der Waals surface area contributed by atoms with Crippen LogP contribution >= 0.6 is 0 Å². The molecular formula is C19H21F2N3O3. The summed E-state index contributed by atoms with van der Waals surface area (Å²) in [7, 11) is 3.06. The summed E-state index contributed by atoms with van der Waals surface area (Å²) in [5, 5.41) is 5.15. The number of nitrogens with zero attached hydrogens (tertiary/aromatic N) is 1. The molecule has 144 valence electrons. The standard InChI is InChI=1S/C19H21F2N3O3/c1-12-4-7-17(27-3)16(8-12)23-18(25)10-22-19(26)11-24(2)13-5-6-14(20)15(21)9-13/h4-9H,10-11H2,1-3H3,(H,22,26)(H,23,25). The second-order valence-electron chi connectivity index (χ2n) is 5.98. The molecule has 8 heteroatoms. The molecule has 0 aliphatic rings. The molecule has 0 saturated heterocycles. The van der Waals surface area contributed by atoms with Crippen molar-refractivity contribution < 1.29 is 23.1 Å². The van der Waals surface area contributed by atoms with Gasteiger partial charge in [0.1, 0.15) is 5.75 Å². The van der Waals surface area contributed by atoms with Crippen LogP contribution in [-0.2, 0) is 9.59 Å². The molecule has 27 heavy (non-hydrogen) atoms. The first-order valence-corrected chi connectivity index (χ1v) is 8.17. The largest absolute Gasteiger partial charge is 0.495 e. The van der Waals surface area contributed by atoms with Crippen LogP contribution < -0.4 is 20.3 Å². The highest BCUT2D eigenvalue weighted by Crippen LogP contribution is 2.24. The number of carbonyl (C=O) groups is 2. The molecule has 0 fully saturated rings. The van der Waals surface area contributed by atoms with Crippen LogP contribution in [0.15, 0.2) is 36.4 Å². The van der Waals surface area contributed by atoms with Gasteiger partial charge in [-0.25, -0.2) is 8.78 Å². The summed E-state index contributed by atoms with van der Waals surface area (Å²) < 4.78 is 31.4. The van der Waals surface area contributed by atoms with Crippen LogP contribution in [0.5, 0.6) is 5.75 Å². The maximum atomic E-state index is 13.3. The van der Waals surface area contributed by atoms with Gasteiger partial charge in [0, 0.05) is 18.8 Å². The lowest BCUT2D eigenvalue weighted by Gasteiger charge is -2.19. The first kappa shape index (κ1) is 20.2. The third-order valence-corrected chi connectivity index (χ3v) is 3.80. The lowest BCUT2D eigenvalue weighted by Crippen LogP contribution is -2.39. The summed E-state index contributed by atoms with van der Waals surface area (Å²) in [6.45, 7) is 1.53. The van der Waals surface area contributed by atoms with E-state index in [0.29, 0.717) is 17.1 Å². The summed E-state index contributed by atoms with van der Waals surface area (Å²) in [5.41, 5.74) is 1.80. The molecule has 0 aromatic heterocycles. The van der Waals surface area contributed by atoms with Crippen molar-refractivity contribution >= 4 is 23.2 Å². The molecule has 0 unspecified atom stereocenters. The monoisotopic (exact) mass is 377 g/mol. The van der Waals surface area contributed by atoms with Crippen molar-refractivity contribution in [3.05, 3.63) is 53.6 Å². The van der Waals surface area contributed by atoms with Crippen molar-refractivity contribution in [2.45, 2.75) is 6.92 Å². The van der Waals surface area contributed by atoms with Crippen LogP contribution in [0, 0.1) is 18.6 Å². The van der Waals surface area contributed by atoms with E-state index in [-0.39, 0.29) is 13.1 Å². The van der Waals surface area contributed by atoms with Gasteiger partial charge in [-0.15, -0.1) is 0 Å². The second-order valence-corrected chi connectivity index (χ2v) is 5.98. The van der Waals surface area contributed by atoms with Gasteiger partial charge in [0.25, 0.3) is 0 Å². The van der Waals surface area contributed by atoms with E-state index in [1.165, 1.54) is 18.1 Å². The number of benzene rings is 2. The second kappa shape index (κ2) is 8.98. The summed E-state index contributed by atoms with van der Waals surface area (Å²) in [6, 6.07) is 8.70. The predicted molar refractivity (Wildman–Crippen MR) is 99.0 cm³/mol. The van der Waals surface area contributed by atoms with E-state index in [1.807, 2.05) is 13.0 Å². The van der Waals surface area contributed by atoms with Gasteiger partial charge >= 0.3 is 0 Å². The number of halogens is 2. The number of carbonyl (C=O) groups excluding carboxylic acids is 2. The normalized spacial score (nSPS) is 10.3. The van der Waals surface area contributed by atoms with Crippen molar-refractivity contribution in [2.24, 2.45) is 0 Å². The van der Waals surface area contributed by atoms with Crippen molar-refractivity contribution in [2.75, 3.05) is 37.5 Å². The van der Waals surface area contributed by atoms with Gasteiger partial charge in [0.2, 0.25) is 11.8 Å². The van der Waals surface area contributed by atoms with Crippen LogP contribution in [0.3, 0.4) is 0 Å². The molecule has 2 aromatic rings. The average Bonchev–Trinajstić information content (AvgIpc) is 2.62. The van der Waals surface area contributed by atoms with E-state index in [1.54, 1.807) is 19.2 Å². The molecule has 6 nitrogen and oxygen atoms in total. The molecule has 2 aromatic carbocycles. The summed E-state index contributed by atoms with van der Waals surface area (Å²) >= 11 is 0. The SMILES string of the molecule is COc1ccc(C)cc1NC(=O)CNC(=O)CN(C)c1ccc(F)c(F)c1. The van der Waals surface area contributed by atoms with Crippen molar-refractivity contribution in [1.82, 2.24) is 5.32 Å². The number of rotatable bonds is 7. The van der Waals surface area contributed by atoms with E-state index in [9.17, 15) is 18.4 Å². The number of anilines is 2. The van der Waals surface area contributed by atoms with Crippen molar-refractivity contribution in [3.63, 3.8) is 0 Å². The van der Waals surface area contributed by atoms with Crippen LogP contribution in [0.4, 0.5) is 20.2 Å². The lowest BCUT2D eigenvalue weighted by atomic mass is 10.2. The highest BCUT2D eigenvalue weighted by atomic mass is 19.2. The van der Waals surface area contributed by atoms with Gasteiger partial charge < -0.3 is 20.3 Å². The molecule has 0 atom stereocenters. The van der Waals surface area contributed by atoms with E-state index in [0.717, 1.165) is 17.7 Å². The number of nitrogens with one attached hydrogen (secondary N) is 2. The number of methoxy groups -OCH3 is 1. The highest BCUT2D eigenvalue weighted by Gasteiger charge is 2.12. The Hall–Kier alpha value is -3.16. The fourth-order valence-electron chi connectivity index (χ4n) is 2.38. The van der Waals surface area contributed by atoms with E-state index >= 15 is 0 Å². The number of likely N-dealkylation sites (N-methyl/N-ethyl adjacent to an activating group) is 1. The molecule has 0 radical (unpaired) electrons. The Morgan fingerprint density at radius 1 is 1.07 bits per heavy atom. The molecule has 2 N–H and O–H groups in total. The zero-order chi connectivity index (χ0) is 20.0. The third-order valence-electron chi connectivity index (χ3n) is 3.80. The Kier molecular flexibility index (Phi) is 6.70. The summed E-state index contributed by atoms with van der Waals surface area (Å²) in [6.07, 6.45) is 0. The number of ether oxygens (including phenoxy) is 1. The van der Waals surface area contributed by atoms with Crippen molar-refractivity contribution in [3.8, 4) is 5.75 Å². The number of amides is 2. The Balaban J connectivity index is 1.87. The number of hydrogen-bond donors (Lipinski definition) is 2. The molecule has 0 aliphatic carbocycles. The topological polar surface area (TPSA) is 70.7 Å². The van der Waals surface area contributed by atoms with Crippen LogP contribution in [0.25, 0.3) is 0 Å². The molecule has 0 heterocycles. The molecule has 0 spiro atoms. The van der Waals surface area contributed by atoms with E-state index < -0.39 is 23.4 Å². The Bertz CT molecular complexity index is 843. The maximum absolute atomic E-state index is 13.3. The Labute approximate surface area is 156 Å². The van der Waals surface area contributed by atoms with Gasteiger partial charge in [-0.2, -0.15) is 0 Å². The Morgan fingerprint density at radius 2 is 1.81 bits per heavy atom. The number of aryl methyl sites for hydroxylation is 1. The van der Waals surface area contributed by atoms with Crippen LogP contribution in [0.2, 0.25) is 0 Å². The first-order valence-electron chi connectivity index (χ1n) is 8.17. The fourth-order valence-corrected chi connectivity index (χ4v) is 2.38. The molecule has 2 rings (SSSR count). The fraction of sp³-hybridized carbons (Fsp3) is 0.263. The van der Waals surface area contributed by atoms with Crippen LogP contribution in [-0.4, -0.2) is 39.1 Å². The first-order chi connectivity index (χ1) is 12.8. The quantitative estimate of drug-likeness (QED) is 0.778. The zero-order valence-electron chi connectivity index (χ0n) is 15.3. The highest BCUT2D eigenvalue weighted by molar-refractivity contribution is 5.96. The number of hydrogen-bond acceptors (Lipinski definition) is 4. The average molecular weight is 377 g/mol. The maximum Gasteiger partial charge on any atom is 0.243 e. The smallest absolute Gasteiger partial charge is 0.243 e. The molecule has 2 amide bonds. The van der Waals surface area contributed by atoms with Gasteiger partial charge in [-0.05, 0) is 36.8 Å². The van der Waals surface area contributed by atoms with E-state index in [2.05, 4.69) is 10.6 Å². The minimum Gasteiger partial charge on any atom is -0.495 e. The van der Waals surface area contributed by atoms with Gasteiger partial charge in [0.15, 0.2) is 11.6 Å². The van der Waals surface area contributed by atoms with Crippen LogP contribution in [0.1, 0.15) is 5.56 Å². The van der Waals surface area contributed by atoms with Gasteiger partial charge in [-0.3, -0.25) is 9.59 Å². The molecular weight excluding hydrogens is 356 g/mol. The van der Waals surface area contributed by atoms with Crippen molar-refractivity contribution in [1.29, 1.82) is 0 Å². The Morgan fingerprint density at radius 3 is 2.48 bits per heavy atom. The molecule has 0 saturated carbocycles. The summed E-state index contributed by atoms with van der Waals surface area (Å²) in [5.74, 6) is -2.29.